The van der Waals surface area contributed by atoms with E-state index >= 15 is 0 Å². The van der Waals surface area contributed by atoms with Crippen LogP contribution in [-0.4, -0.2) is 22.2 Å². The summed E-state index contributed by atoms with van der Waals surface area (Å²) in [5, 5.41) is 17.1. The summed E-state index contributed by atoms with van der Waals surface area (Å²) in [6, 6.07) is 1.40. The highest BCUT2D eigenvalue weighted by Crippen LogP contribution is 2.16. The molecule has 1 rings (SSSR count). The molecule has 5 nitrogen and oxygen atoms in total. The number of aromatic carboxylic acids is 1. The molecular formula is C9H8FNO4. The number of aliphatic carboxylic acids is 1. The molecule has 1 atom stereocenters. The van der Waals surface area contributed by atoms with Gasteiger partial charge in [0.15, 0.2) is 0 Å². The van der Waals surface area contributed by atoms with Gasteiger partial charge in [-0.15, -0.1) is 0 Å². The largest absolute Gasteiger partial charge is 0.480 e. The summed E-state index contributed by atoms with van der Waals surface area (Å²) in [5.74, 6) is -3.61. The zero-order valence-corrected chi connectivity index (χ0v) is 7.48. The van der Waals surface area contributed by atoms with Crippen molar-refractivity contribution >= 4 is 11.9 Å². The molecule has 0 spiro atoms. The van der Waals surface area contributed by atoms with Gasteiger partial charge in [0.1, 0.15) is 11.9 Å². The number of carboxylic acid groups (broad SMARTS) is 2. The van der Waals surface area contributed by atoms with Gasteiger partial charge in [0.2, 0.25) is 0 Å². The van der Waals surface area contributed by atoms with Crippen molar-refractivity contribution in [2.45, 2.75) is 6.04 Å². The molecule has 0 radical (unpaired) electrons. The Morgan fingerprint density at radius 2 is 1.93 bits per heavy atom. The third kappa shape index (κ3) is 2.29. The Morgan fingerprint density at radius 1 is 1.33 bits per heavy atom. The molecule has 0 aliphatic rings. The number of hydrogen-bond acceptors (Lipinski definition) is 3. The Bertz CT molecular complexity index is 419. The van der Waals surface area contributed by atoms with Crippen LogP contribution in [0.2, 0.25) is 0 Å². The Hall–Kier alpha value is -1.95. The topological polar surface area (TPSA) is 101 Å². The molecule has 0 amide bonds. The molecule has 1 aromatic rings. The minimum Gasteiger partial charge on any atom is -0.480 e. The SMILES string of the molecule is N[C@H](C(=O)O)c1ccc(C(=O)O)cc1F. The predicted molar refractivity (Wildman–Crippen MR) is 47.9 cm³/mol. The second-order valence-corrected chi connectivity index (χ2v) is 2.86. The number of nitrogens with two attached hydrogens (primary N) is 1. The van der Waals surface area contributed by atoms with Crippen molar-refractivity contribution in [3.63, 3.8) is 0 Å². The van der Waals surface area contributed by atoms with Gasteiger partial charge in [-0.2, -0.15) is 0 Å². The second-order valence-electron chi connectivity index (χ2n) is 2.86. The third-order valence-corrected chi connectivity index (χ3v) is 1.85. The van der Waals surface area contributed by atoms with Crippen LogP contribution in [0.3, 0.4) is 0 Å². The lowest BCUT2D eigenvalue weighted by atomic mass is 10.0. The summed E-state index contributed by atoms with van der Waals surface area (Å²) in [4.78, 5) is 20.9. The number of carboxylic acids is 2. The fraction of sp³-hybridized carbons (Fsp3) is 0.111. The molecular weight excluding hydrogens is 205 g/mol. The van der Waals surface area contributed by atoms with E-state index in [1.54, 1.807) is 0 Å². The maximum atomic E-state index is 13.2. The average Bonchev–Trinajstić information content (AvgIpc) is 2.16. The maximum Gasteiger partial charge on any atom is 0.335 e. The van der Waals surface area contributed by atoms with Crippen LogP contribution in [-0.2, 0) is 4.79 Å². The van der Waals surface area contributed by atoms with E-state index in [4.69, 9.17) is 15.9 Å². The number of hydrogen-bond donors (Lipinski definition) is 3. The van der Waals surface area contributed by atoms with Gasteiger partial charge in [-0.1, -0.05) is 6.07 Å². The van der Waals surface area contributed by atoms with Gasteiger partial charge in [-0.05, 0) is 12.1 Å². The molecule has 6 heteroatoms. The molecule has 1 aromatic carbocycles. The molecule has 0 aliphatic heterocycles. The van der Waals surface area contributed by atoms with Crippen LogP contribution >= 0.6 is 0 Å². The summed E-state index contributed by atoms with van der Waals surface area (Å²) >= 11 is 0. The minimum atomic E-state index is -1.49. The van der Waals surface area contributed by atoms with E-state index < -0.39 is 23.8 Å². The first-order chi connectivity index (χ1) is 6.93. The van der Waals surface area contributed by atoms with Crippen molar-refractivity contribution < 1.29 is 24.2 Å². The normalized spacial score (nSPS) is 12.1. The van der Waals surface area contributed by atoms with E-state index in [1.807, 2.05) is 0 Å². The number of carbonyl (C=O) groups is 2. The highest BCUT2D eigenvalue weighted by molar-refractivity contribution is 5.87. The monoisotopic (exact) mass is 213 g/mol. The fourth-order valence-electron chi connectivity index (χ4n) is 1.05. The molecule has 0 bridgehead atoms. The Balaban J connectivity index is 3.13. The van der Waals surface area contributed by atoms with Crippen molar-refractivity contribution in [3.8, 4) is 0 Å². The van der Waals surface area contributed by atoms with Crippen molar-refractivity contribution in [2.75, 3.05) is 0 Å². The smallest absolute Gasteiger partial charge is 0.335 e. The molecule has 15 heavy (non-hydrogen) atoms. The van der Waals surface area contributed by atoms with E-state index in [2.05, 4.69) is 0 Å². The van der Waals surface area contributed by atoms with Crippen LogP contribution in [0.1, 0.15) is 22.0 Å². The average molecular weight is 213 g/mol. The molecule has 4 N–H and O–H groups in total. The van der Waals surface area contributed by atoms with E-state index in [9.17, 15) is 14.0 Å². The summed E-state index contributed by atoms with van der Waals surface area (Å²) in [6.45, 7) is 0. The fourth-order valence-corrected chi connectivity index (χ4v) is 1.05. The number of halogens is 1. The van der Waals surface area contributed by atoms with Gasteiger partial charge in [-0.3, -0.25) is 4.79 Å². The maximum absolute atomic E-state index is 13.2. The van der Waals surface area contributed by atoms with Crippen molar-refractivity contribution in [1.29, 1.82) is 0 Å². The molecule has 80 valence electrons. The van der Waals surface area contributed by atoms with Gasteiger partial charge < -0.3 is 15.9 Å². The molecule has 0 aliphatic carbocycles. The van der Waals surface area contributed by atoms with E-state index in [1.165, 1.54) is 0 Å². The molecule has 0 saturated heterocycles. The van der Waals surface area contributed by atoms with E-state index in [0.29, 0.717) is 0 Å². The molecule has 0 heterocycles. The van der Waals surface area contributed by atoms with Crippen molar-refractivity contribution in [1.82, 2.24) is 0 Å². The van der Waals surface area contributed by atoms with E-state index in [-0.39, 0.29) is 11.1 Å². The number of rotatable bonds is 3. The lowest BCUT2D eigenvalue weighted by Crippen LogP contribution is -2.22. The second kappa shape index (κ2) is 4.05. The third-order valence-electron chi connectivity index (χ3n) is 1.85. The van der Waals surface area contributed by atoms with Gasteiger partial charge in [0, 0.05) is 5.56 Å². The quantitative estimate of drug-likeness (QED) is 0.682. The first-order valence-corrected chi connectivity index (χ1v) is 3.94. The molecule has 0 unspecified atom stereocenters. The Labute approximate surface area is 83.9 Å². The standard InChI is InChI=1S/C9H8FNO4/c10-6-3-4(8(12)13)1-2-5(6)7(11)9(14)15/h1-3,7H,11H2,(H,12,13)(H,14,15)/t7-/m0/s1. The summed E-state index contributed by atoms with van der Waals surface area (Å²) in [5.41, 5.74) is 4.68. The summed E-state index contributed by atoms with van der Waals surface area (Å²) < 4.78 is 13.2. The predicted octanol–water partition coefficient (Wildman–Crippen LogP) is 0.608. The molecule has 0 fully saturated rings. The Kier molecular flexibility index (Phi) is 3.01. The minimum absolute atomic E-state index is 0.243. The van der Waals surface area contributed by atoms with Crippen LogP contribution in [0.4, 0.5) is 4.39 Å². The van der Waals surface area contributed by atoms with Gasteiger partial charge in [0.25, 0.3) is 0 Å². The first kappa shape index (κ1) is 11.1. The van der Waals surface area contributed by atoms with Crippen LogP contribution in [0.15, 0.2) is 18.2 Å². The van der Waals surface area contributed by atoms with Crippen LogP contribution in [0, 0.1) is 5.82 Å². The van der Waals surface area contributed by atoms with E-state index in [0.717, 1.165) is 18.2 Å². The van der Waals surface area contributed by atoms with Gasteiger partial charge in [-0.25, -0.2) is 9.18 Å². The van der Waals surface area contributed by atoms with Crippen molar-refractivity contribution in [2.24, 2.45) is 5.73 Å². The summed E-state index contributed by atoms with van der Waals surface area (Å²) in [7, 11) is 0. The van der Waals surface area contributed by atoms with Gasteiger partial charge >= 0.3 is 11.9 Å². The van der Waals surface area contributed by atoms with Crippen LogP contribution < -0.4 is 5.73 Å². The summed E-state index contributed by atoms with van der Waals surface area (Å²) in [6.07, 6.45) is 0. The zero-order valence-electron chi connectivity index (χ0n) is 7.48. The molecule has 0 aromatic heterocycles. The van der Waals surface area contributed by atoms with Crippen LogP contribution in [0.5, 0.6) is 0 Å². The Morgan fingerprint density at radius 3 is 2.33 bits per heavy atom. The van der Waals surface area contributed by atoms with Crippen molar-refractivity contribution in [3.05, 3.63) is 35.1 Å². The highest BCUT2D eigenvalue weighted by atomic mass is 19.1. The van der Waals surface area contributed by atoms with Gasteiger partial charge in [0.05, 0.1) is 5.56 Å². The lowest BCUT2D eigenvalue weighted by molar-refractivity contribution is -0.138. The van der Waals surface area contributed by atoms with Crippen LogP contribution in [0.25, 0.3) is 0 Å². The molecule has 0 saturated carbocycles. The zero-order chi connectivity index (χ0) is 11.6. The first-order valence-electron chi connectivity index (χ1n) is 3.94. The number of benzene rings is 1. The lowest BCUT2D eigenvalue weighted by Gasteiger charge is -2.08. The highest BCUT2D eigenvalue weighted by Gasteiger charge is 2.19.